The summed E-state index contributed by atoms with van der Waals surface area (Å²) in [6, 6.07) is 14.1. The molecule has 1 atom stereocenters. The van der Waals surface area contributed by atoms with Gasteiger partial charge >= 0.3 is 0 Å². The third-order valence-corrected chi connectivity index (χ3v) is 6.12. The minimum atomic E-state index is -1.12. The van der Waals surface area contributed by atoms with Crippen LogP contribution < -0.4 is 5.56 Å². The van der Waals surface area contributed by atoms with Crippen LogP contribution in [0.25, 0.3) is 21.9 Å². The Balaban J connectivity index is 1.55. The van der Waals surface area contributed by atoms with Crippen molar-refractivity contribution in [2.24, 2.45) is 0 Å². The van der Waals surface area contributed by atoms with Gasteiger partial charge in [-0.05, 0) is 52.9 Å². The zero-order valence-corrected chi connectivity index (χ0v) is 18.1. The Kier molecular flexibility index (Phi) is 5.45. The fraction of sp³-hybridized carbons (Fsp3) is 0.154. The van der Waals surface area contributed by atoms with Crippen molar-refractivity contribution in [3.05, 3.63) is 105 Å². The highest BCUT2D eigenvalue weighted by atomic mass is 19.2. The molecule has 1 aliphatic rings. The van der Waals surface area contributed by atoms with Gasteiger partial charge in [-0.3, -0.25) is 9.59 Å². The number of fused-ring (bicyclic) bond motifs is 3. The van der Waals surface area contributed by atoms with Crippen LogP contribution >= 0.6 is 0 Å². The molecular weight excluding hydrogens is 445 g/mol. The molecule has 8 heteroatoms. The summed E-state index contributed by atoms with van der Waals surface area (Å²) >= 11 is 0. The predicted molar refractivity (Wildman–Crippen MR) is 121 cm³/mol. The summed E-state index contributed by atoms with van der Waals surface area (Å²) in [6.07, 6.45) is 0. The summed E-state index contributed by atoms with van der Waals surface area (Å²) in [4.78, 5) is 30.0. The highest BCUT2D eigenvalue weighted by Crippen LogP contribution is 2.34. The number of ether oxygens (including phenoxy) is 1. The molecule has 0 bridgehead atoms. The number of carbonyl (C=O) groups is 1. The average Bonchev–Trinajstić information content (AvgIpc) is 2.84. The highest BCUT2D eigenvalue weighted by Gasteiger charge is 2.31. The molecule has 0 aliphatic carbocycles. The maximum Gasteiger partial charge on any atom is 0.256 e. The molecule has 5 rings (SSSR count). The van der Waals surface area contributed by atoms with Crippen molar-refractivity contribution >= 4 is 16.7 Å². The van der Waals surface area contributed by atoms with E-state index in [0.29, 0.717) is 16.8 Å². The third kappa shape index (κ3) is 3.76. The number of likely N-dealkylation sites (N-methyl/N-ethyl adjacent to an activating group) is 1. The maximum absolute atomic E-state index is 14.1. The van der Waals surface area contributed by atoms with Gasteiger partial charge < -0.3 is 14.6 Å². The molecule has 0 radical (unpaired) electrons. The Morgan fingerprint density at radius 2 is 1.68 bits per heavy atom. The molecule has 4 aromatic rings. The largest absolute Gasteiger partial charge is 0.373 e. The molecular formula is C26H19F3N2O3. The molecule has 0 spiro atoms. The van der Waals surface area contributed by atoms with Crippen molar-refractivity contribution in [3.8, 4) is 11.1 Å². The van der Waals surface area contributed by atoms with Crippen LogP contribution in [-0.4, -0.2) is 29.4 Å². The van der Waals surface area contributed by atoms with Crippen molar-refractivity contribution in [2.45, 2.75) is 12.6 Å². The van der Waals surface area contributed by atoms with Crippen molar-refractivity contribution < 1.29 is 22.7 Å². The number of rotatable bonds is 3. The summed E-state index contributed by atoms with van der Waals surface area (Å²) < 4.78 is 46.8. The summed E-state index contributed by atoms with van der Waals surface area (Å²) in [7, 11) is 1.59. The molecule has 0 unspecified atom stereocenters. The second-order valence-electron chi connectivity index (χ2n) is 8.19. The van der Waals surface area contributed by atoms with Gasteiger partial charge in [0, 0.05) is 23.9 Å². The van der Waals surface area contributed by atoms with Gasteiger partial charge in [0.05, 0.1) is 24.6 Å². The van der Waals surface area contributed by atoms with Crippen molar-refractivity contribution in [1.82, 2.24) is 9.88 Å². The van der Waals surface area contributed by atoms with Crippen LogP contribution in [0.3, 0.4) is 0 Å². The molecule has 34 heavy (non-hydrogen) atoms. The van der Waals surface area contributed by atoms with Crippen LogP contribution in [0, 0.1) is 17.5 Å². The van der Waals surface area contributed by atoms with E-state index in [-0.39, 0.29) is 35.7 Å². The van der Waals surface area contributed by atoms with E-state index in [0.717, 1.165) is 23.3 Å². The van der Waals surface area contributed by atoms with Crippen LogP contribution in [0.15, 0.2) is 65.5 Å². The van der Waals surface area contributed by atoms with E-state index in [2.05, 4.69) is 4.98 Å². The molecule has 0 fully saturated rings. The number of benzene rings is 3. The molecule has 5 nitrogen and oxygen atoms in total. The number of pyridine rings is 1. The normalized spacial score (nSPS) is 15.2. The number of H-pyrrole nitrogens is 1. The van der Waals surface area contributed by atoms with Crippen LogP contribution in [0.2, 0.25) is 0 Å². The zero-order valence-electron chi connectivity index (χ0n) is 18.1. The van der Waals surface area contributed by atoms with Gasteiger partial charge in [-0.1, -0.05) is 24.3 Å². The summed E-state index contributed by atoms with van der Waals surface area (Å²) in [5.41, 5.74) is 2.27. The van der Waals surface area contributed by atoms with Gasteiger partial charge in [0.25, 0.3) is 11.5 Å². The van der Waals surface area contributed by atoms with Crippen LogP contribution in [0.4, 0.5) is 13.2 Å². The smallest absolute Gasteiger partial charge is 0.256 e. The quantitative estimate of drug-likeness (QED) is 0.467. The lowest BCUT2D eigenvalue weighted by molar-refractivity contribution is 0.0335. The van der Waals surface area contributed by atoms with Crippen molar-refractivity contribution in [2.75, 3.05) is 13.7 Å². The highest BCUT2D eigenvalue weighted by molar-refractivity contribution is 5.96. The first-order valence-electron chi connectivity index (χ1n) is 10.6. The molecule has 1 aromatic heterocycles. The second kappa shape index (κ2) is 8.46. The number of aromatic amines is 1. The van der Waals surface area contributed by atoms with Crippen LogP contribution in [0.1, 0.15) is 27.7 Å². The Bertz CT molecular complexity index is 1480. The number of hydrogen-bond acceptors (Lipinski definition) is 3. The Morgan fingerprint density at radius 3 is 2.41 bits per heavy atom. The van der Waals surface area contributed by atoms with E-state index in [1.807, 2.05) is 6.07 Å². The lowest BCUT2D eigenvalue weighted by Crippen LogP contribution is -2.37. The number of nitrogens with zero attached hydrogens (tertiary/aromatic N) is 1. The van der Waals surface area contributed by atoms with Gasteiger partial charge in [-0.15, -0.1) is 0 Å². The van der Waals surface area contributed by atoms with Crippen molar-refractivity contribution in [3.63, 3.8) is 0 Å². The molecule has 1 N–H and O–H groups in total. The Morgan fingerprint density at radius 1 is 0.971 bits per heavy atom. The van der Waals surface area contributed by atoms with Gasteiger partial charge in [-0.2, -0.15) is 0 Å². The topological polar surface area (TPSA) is 62.4 Å². The molecule has 1 aliphatic heterocycles. The monoisotopic (exact) mass is 464 g/mol. The van der Waals surface area contributed by atoms with Crippen LogP contribution in [-0.2, 0) is 11.3 Å². The number of aromatic nitrogens is 1. The van der Waals surface area contributed by atoms with Gasteiger partial charge in [-0.25, -0.2) is 13.2 Å². The van der Waals surface area contributed by atoms with E-state index in [4.69, 9.17) is 4.74 Å². The predicted octanol–water partition coefficient (Wildman–Crippen LogP) is 4.96. The lowest BCUT2D eigenvalue weighted by Gasteiger charge is -2.34. The summed E-state index contributed by atoms with van der Waals surface area (Å²) in [5.74, 6) is -2.88. The van der Waals surface area contributed by atoms with E-state index in [9.17, 15) is 22.8 Å². The van der Waals surface area contributed by atoms with Crippen LogP contribution in [0.5, 0.6) is 0 Å². The summed E-state index contributed by atoms with van der Waals surface area (Å²) in [6.45, 7) is 0.200. The maximum atomic E-state index is 14.1. The summed E-state index contributed by atoms with van der Waals surface area (Å²) in [5, 5.41) is 0.245. The fourth-order valence-electron chi connectivity index (χ4n) is 4.37. The molecule has 3 aromatic carbocycles. The number of amides is 1. The Hall–Kier alpha value is -3.91. The first kappa shape index (κ1) is 21.9. The van der Waals surface area contributed by atoms with E-state index in [1.54, 1.807) is 37.4 Å². The molecule has 0 saturated heterocycles. The minimum Gasteiger partial charge on any atom is -0.373 e. The number of carbonyl (C=O) groups excluding carboxylic acids is 1. The second-order valence-corrected chi connectivity index (χ2v) is 8.19. The van der Waals surface area contributed by atoms with Gasteiger partial charge in [0.15, 0.2) is 11.6 Å². The van der Waals surface area contributed by atoms with Gasteiger partial charge in [0.1, 0.15) is 5.82 Å². The molecule has 172 valence electrons. The van der Waals surface area contributed by atoms with Crippen molar-refractivity contribution in [1.29, 1.82) is 0 Å². The molecule has 0 saturated carbocycles. The molecule has 2 heterocycles. The Labute approximate surface area is 192 Å². The third-order valence-electron chi connectivity index (χ3n) is 6.12. The molecule has 1 amide bonds. The first-order chi connectivity index (χ1) is 16.3. The number of hydrogen-bond donors (Lipinski definition) is 1. The number of halogens is 3. The zero-order chi connectivity index (χ0) is 24.0. The number of nitrogens with one attached hydrogen (secondary N) is 1. The van der Waals surface area contributed by atoms with E-state index < -0.39 is 23.2 Å². The standard InChI is InChI=1S/C26H19F3N2O3/c1-31(26(33)16-4-2-3-15(9-16)14-5-7-17(27)8-6-14)23-13-34-12-22-24(23)18-10-20(28)21(29)11-19(18)25(32)30-22/h2-11,23H,12-13H2,1H3,(H,30,32)/t23-/m0/s1. The fourth-order valence-corrected chi connectivity index (χ4v) is 4.37. The minimum absolute atomic E-state index is 0.00343. The van der Waals surface area contributed by atoms with Gasteiger partial charge in [0.2, 0.25) is 0 Å². The van der Waals surface area contributed by atoms with E-state index >= 15 is 0 Å². The SMILES string of the molecule is CN(C(=O)c1cccc(-c2ccc(F)cc2)c1)[C@H]1COCc2[nH]c(=O)c3cc(F)c(F)cc3c21. The van der Waals surface area contributed by atoms with E-state index in [1.165, 1.54) is 17.0 Å². The average molecular weight is 464 g/mol. The lowest BCUT2D eigenvalue weighted by atomic mass is 9.95. The first-order valence-corrected chi connectivity index (χ1v) is 10.6.